The molecule has 1 aromatic carbocycles. The van der Waals surface area contributed by atoms with Crippen molar-refractivity contribution in [2.24, 2.45) is 5.92 Å². The molecule has 1 aromatic heterocycles. The number of carboxylic acid groups (broad SMARTS) is 1. The molecule has 2 rings (SSSR count). The van der Waals surface area contributed by atoms with Crippen molar-refractivity contribution in [1.29, 1.82) is 0 Å². The summed E-state index contributed by atoms with van der Waals surface area (Å²) >= 11 is 0. The Labute approximate surface area is 109 Å². The summed E-state index contributed by atoms with van der Waals surface area (Å²) in [6.45, 7) is 1.83. The predicted molar refractivity (Wildman–Crippen MR) is 70.1 cm³/mol. The summed E-state index contributed by atoms with van der Waals surface area (Å²) in [5, 5.41) is 12.3. The molecule has 1 heterocycles. The normalized spacial score (nSPS) is 14.4. The highest BCUT2D eigenvalue weighted by Gasteiger charge is 2.26. The van der Waals surface area contributed by atoms with E-state index in [9.17, 15) is 14.7 Å². The third-order valence-electron chi connectivity index (χ3n) is 3.27. The number of carbonyl (C=O) groups is 1. The molecule has 0 fully saturated rings. The number of nitrogens with one attached hydrogen (secondary N) is 2. The monoisotopic (exact) mass is 264 g/mol. The number of rotatable bonds is 5. The molecule has 2 unspecified atom stereocenters. The first-order valence-electron chi connectivity index (χ1n) is 6.09. The molecular weight excluding hydrogens is 248 g/mol. The maximum atomic E-state index is 11.3. The van der Waals surface area contributed by atoms with Crippen molar-refractivity contribution in [3.8, 4) is 0 Å². The molecule has 6 nitrogen and oxygen atoms in total. The number of oxazole rings is 1. The summed E-state index contributed by atoms with van der Waals surface area (Å²) in [5.41, 5.74) is 1.84. The number of carboxylic acids is 1. The van der Waals surface area contributed by atoms with Gasteiger partial charge in [0, 0.05) is 6.04 Å². The lowest BCUT2D eigenvalue weighted by Gasteiger charge is -2.22. The average molecular weight is 264 g/mol. The maximum Gasteiger partial charge on any atom is 0.417 e. The minimum absolute atomic E-state index is 0.315. The molecule has 0 radical (unpaired) electrons. The standard InChI is InChI=1S/C13H16N2O4/c1-3-8(12(16)17)11(14-2)7-4-5-10-9(6-7)15-13(18)19-10/h4-6,8,11,14H,3H2,1-2H3,(H,15,18)(H,16,17). The summed E-state index contributed by atoms with van der Waals surface area (Å²) in [7, 11) is 1.72. The van der Waals surface area contributed by atoms with Crippen molar-refractivity contribution < 1.29 is 14.3 Å². The van der Waals surface area contributed by atoms with Crippen LogP contribution < -0.4 is 11.1 Å². The predicted octanol–water partition coefficient (Wildman–Crippen LogP) is 1.49. The molecule has 0 bridgehead atoms. The number of aromatic amines is 1. The van der Waals surface area contributed by atoms with Gasteiger partial charge in [-0.3, -0.25) is 9.78 Å². The second kappa shape index (κ2) is 5.27. The zero-order valence-electron chi connectivity index (χ0n) is 10.8. The van der Waals surface area contributed by atoms with Gasteiger partial charge in [-0.25, -0.2) is 4.79 Å². The Hall–Kier alpha value is -2.08. The zero-order valence-corrected chi connectivity index (χ0v) is 10.8. The summed E-state index contributed by atoms with van der Waals surface area (Å²) < 4.78 is 4.92. The topological polar surface area (TPSA) is 95.3 Å². The third kappa shape index (κ3) is 2.53. The summed E-state index contributed by atoms with van der Waals surface area (Å²) in [6.07, 6.45) is 0.515. The molecular formula is C13H16N2O4. The van der Waals surface area contributed by atoms with Crippen LogP contribution in [-0.2, 0) is 4.79 Å². The van der Waals surface area contributed by atoms with E-state index in [-0.39, 0.29) is 6.04 Å². The van der Waals surface area contributed by atoms with Gasteiger partial charge in [-0.05, 0) is 31.2 Å². The molecule has 0 aliphatic rings. The minimum atomic E-state index is -0.845. The highest BCUT2D eigenvalue weighted by molar-refractivity contribution is 5.74. The largest absolute Gasteiger partial charge is 0.481 e. The van der Waals surface area contributed by atoms with Crippen LogP contribution in [0.15, 0.2) is 27.4 Å². The Bertz CT molecular complexity index is 643. The van der Waals surface area contributed by atoms with Gasteiger partial charge in [0.15, 0.2) is 5.58 Å². The number of aromatic nitrogens is 1. The zero-order chi connectivity index (χ0) is 14.0. The third-order valence-corrected chi connectivity index (χ3v) is 3.27. The number of hydrogen-bond acceptors (Lipinski definition) is 4. The van der Waals surface area contributed by atoms with Crippen molar-refractivity contribution >= 4 is 17.1 Å². The molecule has 2 aromatic rings. The van der Waals surface area contributed by atoms with Crippen molar-refractivity contribution in [1.82, 2.24) is 10.3 Å². The van der Waals surface area contributed by atoms with Gasteiger partial charge in [0.2, 0.25) is 0 Å². The van der Waals surface area contributed by atoms with Gasteiger partial charge in [-0.2, -0.15) is 0 Å². The molecule has 102 valence electrons. The van der Waals surface area contributed by atoms with Crippen LogP contribution in [-0.4, -0.2) is 23.1 Å². The van der Waals surface area contributed by atoms with E-state index in [0.717, 1.165) is 5.56 Å². The van der Waals surface area contributed by atoms with Gasteiger partial charge in [0.25, 0.3) is 0 Å². The fraction of sp³-hybridized carbons (Fsp3) is 0.385. The first-order valence-corrected chi connectivity index (χ1v) is 6.09. The van der Waals surface area contributed by atoms with E-state index in [1.165, 1.54) is 0 Å². The van der Waals surface area contributed by atoms with Crippen LogP contribution in [0.3, 0.4) is 0 Å². The van der Waals surface area contributed by atoms with Gasteiger partial charge in [0.1, 0.15) is 0 Å². The van der Waals surface area contributed by atoms with E-state index in [0.29, 0.717) is 17.5 Å². The molecule has 0 amide bonds. The molecule has 2 atom stereocenters. The molecule has 19 heavy (non-hydrogen) atoms. The smallest absolute Gasteiger partial charge is 0.417 e. The number of hydrogen-bond donors (Lipinski definition) is 3. The van der Waals surface area contributed by atoms with E-state index in [1.807, 2.05) is 6.92 Å². The maximum absolute atomic E-state index is 11.3. The van der Waals surface area contributed by atoms with Crippen LogP contribution in [0.25, 0.3) is 11.1 Å². The van der Waals surface area contributed by atoms with Crippen LogP contribution >= 0.6 is 0 Å². The van der Waals surface area contributed by atoms with Gasteiger partial charge in [0.05, 0.1) is 11.4 Å². The Morgan fingerprint density at radius 1 is 1.53 bits per heavy atom. The molecule has 0 saturated carbocycles. The molecule has 0 saturated heterocycles. The summed E-state index contributed by atoms with van der Waals surface area (Å²) in [5.74, 6) is -1.89. The van der Waals surface area contributed by atoms with Gasteiger partial charge in [-0.1, -0.05) is 13.0 Å². The first-order chi connectivity index (χ1) is 9.06. The highest BCUT2D eigenvalue weighted by atomic mass is 16.4. The highest BCUT2D eigenvalue weighted by Crippen LogP contribution is 2.26. The summed E-state index contributed by atoms with van der Waals surface area (Å²) in [6, 6.07) is 4.87. The van der Waals surface area contributed by atoms with Crippen LogP contribution in [0.1, 0.15) is 24.9 Å². The lowest BCUT2D eigenvalue weighted by molar-refractivity contribution is -0.143. The fourth-order valence-corrected chi connectivity index (χ4v) is 2.32. The lowest BCUT2D eigenvalue weighted by atomic mass is 9.91. The SMILES string of the molecule is CCC(C(=O)O)C(NC)c1ccc2oc(=O)[nH]c2c1. The average Bonchev–Trinajstić information content (AvgIpc) is 2.74. The van der Waals surface area contributed by atoms with Crippen LogP contribution in [0.4, 0.5) is 0 Å². The number of H-pyrrole nitrogens is 1. The van der Waals surface area contributed by atoms with Crippen LogP contribution in [0.2, 0.25) is 0 Å². The van der Waals surface area contributed by atoms with Gasteiger partial charge < -0.3 is 14.8 Å². The van der Waals surface area contributed by atoms with E-state index in [1.54, 1.807) is 25.2 Å². The van der Waals surface area contributed by atoms with E-state index in [2.05, 4.69) is 10.3 Å². The molecule has 6 heteroatoms. The van der Waals surface area contributed by atoms with Crippen molar-refractivity contribution in [3.63, 3.8) is 0 Å². The van der Waals surface area contributed by atoms with E-state index in [4.69, 9.17) is 4.42 Å². The number of aliphatic carboxylic acids is 1. The van der Waals surface area contributed by atoms with Crippen molar-refractivity contribution in [2.75, 3.05) is 7.05 Å². The second-order valence-electron chi connectivity index (χ2n) is 4.39. The van der Waals surface area contributed by atoms with Gasteiger partial charge in [-0.15, -0.1) is 0 Å². The Balaban J connectivity index is 2.44. The number of fused-ring (bicyclic) bond motifs is 1. The number of benzene rings is 1. The van der Waals surface area contributed by atoms with Crippen LogP contribution in [0.5, 0.6) is 0 Å². The van der Waals surface area contributed by atoms with Crippen LogP contribution in [0, 0.1) is 5.92 Å². The molecule has 3 N–H and O–H groups in total. The van der Waals surface area contributed by atoms with Gasteiger partial charge >= 0.3 is 11.7 Å². The Kier molecular flexibility index (Phi) is 3.71. The fourth-order valence-electron chi connectivity index (χ4n) is 2.32. The van der Waals surface area contributed by atoms with E-state index < -0.39 is 17.6 Å². The molecule has 0 spiro atoms. The minimum Gasteiger partial charge on any atom is -0.481 e. The Morgan fingerprint density at radius 3 is 2.84 bits per heavy atom. The second-order valence-corrected chi connectivity index (χ2v) is 4.39. The quantitative estimate of drug-likeness (QED) is 0.760. The lowest BCUT2D eigenvalue weighted by Crippen LogP contribution is -2.30. The summed E-state index contributed by atoms with van der Waals surface area (Å²) in [4.78, 5) is 24.9. The first kappa shape index (κ1) is 13.4. The molecule has 0 aliphatic carbocycles. The Morgan fingerprint density at radius 2 is 2.26 bits per heavy atom. The van der Waals surface area contributed by atoms with Crippen molar-refractivity contribution in [3.05, 3.63) is 34.3 Å². The van der Waals surface area contributed by atoms with E-state index >= 15 is 0 Å². The molecule has 0 aliphatic heterocycles. The van der Waals surface area contributed by atoms with Crippen molar-refractivity contribution in [2.45, 2.75) is 19.4 Å².